The van der Waals surface area contributed by atoms with Crippen molar-refractivity contribution < 1.29 is 9.53 Å². The molecule has 0 radical (unpaired) electrons. The first kappa shape index (κ1) is 13.9. The number of fused-ring (bicyclic) bond motifs is 1. The normalized spacial score (nSPS) is 19.2. The molecule has 1 N–H and O–H groups in total. The van der Waals surface area contributed by atoms with Gasteiger partial charge in [0.05, 0.1) is 23.3 Å². The van der Waals surface area contributed by atoms with E-state index < -0.39 is 5.60 Å². The summed E-state index contributed by atoms with van der Waals surface area (Å²) in [5.74, 6) is 0.807. The van der Waals surface area contributed by atoms with E-state index in [1.165, 1.54) is 0 Å². The SMILES string of the molecule is CC(C)(C)OC(=O)N1CCCC1c1nc2ccncc2[nH]1. The lowest BCUT2D eigenvalue weighted by molar-refractivity contribution is 0.0219. The maximum Gasteiger partial charge on any atom is 0.410 e. The predicted octanol–water partition coefficient (Wildman–Crippen LogP) is 3.03. The number of rotatable bonds is 1. The van der Waals surface area contributed by atoms with Crippen LogP contribution in [-0.4, -0.2) is 38.1 Å². The average molecular weight is 288 g/mol. The van der Waals surface area contributed by atoms with Gasteiger partial charge in [0.25, 0.3) is 0 Å². The lowest BCUT2D eigenvalue weighted by Gasteiger charge is -2.27. The highest BCUT2D eigenvalue weighted by molar-refractivity contribution is 5.74. The number of hydrogen-bond acceptors (Lipinski definition) is 4. The molecule has 3 rings (SSSR count). The molecule has 0 spiro atoms. The van der Waals surface area contributed by atoms with E-state index in [-0.39, 0.29) is 12.1 Å². The summed E-state index contributed by atoms with van der Waals surface area (Å²) in [5, 5.41) is 0. The van der Waals surface area contributed by atoms with Crippen LogP contribution in [0.15, 0.2) is 18.5 Å². The van der Waals surface area contributed by atoms with Gasteiger partial charge in [-0.1, -0.05) is 0 Å². The van der Waals surface area contributed by atoms with Crippen LogP contribution >= 0.6 is 0 Å². The summed E-state index contributed by atoms with van der Waals surface area (Å²) >= 11 is 0. The first-order valence-corrected chi connectivity index (χ1v) is 7.23. The first-order chi connectivity index (χ1) is 9.94. The van der Waals surface area contributed by atoms with Gasteiger partial charge in [0.1, 0.15) is 11.4 Å². The fourth-order valence-corrected chi connectivity index (χ4v) is 2.62. The predicted molar refractivity (Wildman–Crippen MR) is 78.8 cm³/mol. The Morgan fingerprint density at radius 2 is 2.29 bits per heavy atom. The highest BCUT2D eigenvalue weighted by Gasteiger charge is 2.34. The zero-order valence-corrected chi connectivity index (χ0v) is 12.6. The number of pyridine rings is 1. The number of aromatic nitrogens is 3. The second-order valence-electron chi connectivity index (χ2n) is 6.35. The van der Waals surface area contributed by atoms with Crippen LogP contribution < -0.4 is 0 Å². The zero-order valence-electron chi connectivity index (χ0n) is 12.6. The molecule has 6 nitrogen and oxygen atoms in total. The topological polar surface area (TPSA) is 71.1 Å². The Kier molecular flexibility index (Phi) is 3.31. The Morgan fingerprint density at radius 3 is 3.00 bits per heavy atom. The monoisotopic (exact) mass is 288 g/mol. The van der Waals surface area contributed by atoms with Gasteiger partial charge in [-0.15, -0.1) is 0 Å². The van der Waals surface area contributed by atoms with Crippen LogP contribution in [0.5, 0.6) is 0 Å². The van der Waals surface area contributed by atoms with Gasteiger partial charge in [-0.3, -0.25) is 9.88 Å². The molecule has 1 fully saturated rings. The lowest BCUT2D eigenvalue weighted by Crippen LogP contribution is -2.36. The lowest BCUT2D eigenvalue weighted by atomic mass is 10.2. The minimum atomic E-state index is -0.484. The molecule has 21 heavy (non-hydrogen) atoms. The van der Waals surface area contributed by atoms with Crippen LogP contribution in [0, 0.1) is 0 Å². The highest BCUT2D eigenvalue weighted by atomic mass is 16.6. The molecule has 2 aromatic heterocycles. The Hall–Kier alpha value is -2.11. The number of ether oxygens (including phenoxy) is 1. The van der Waals surface area contributed by atoms with Crippen molar-refractivity contribution in [2.24, 2.45) is 0 Å². The molecular formula is C15H20N4O2. The number of hydrogen-bond donors (Lipinski definition) is 1. The largest absolute Gasteiger partial charge is 0.444 e. The molecule has 0 bridgehead atoms. The van der Waals surface area contributed by atoms with E-state index in [0.29, 0.717) is 6.54 Å². The minimum absolute atomic E-state index is 0.0488. The summed E-state index contributed by atoms with van der Waals surface area (Å²) < 4.78 is 5.48. The van der Waals surface area contributed by atoms with Gasteiger partial charge in [0.15, 0.2) is 0 Å². The summed E-state index contributed by atoms with van der Waals surface area (Å²) in [7, 11) is 0. The quantitative estimate of drug-likeness (QED) is 0.875. The van der Waals surface area contributed by atoms with Gasteiger partial charge < -0.3 is 9.72 Å². The summed E-state index contributed by atoms with van der Waals surface area (Å²) in [6, 6.07) is 1.81. The van der Waals surface area contributed by atoms with Crippen molar-refractivity contribution in [2.75, 3.05) is 6.54 Å². The van der Waals surface area contributed by atoms with E-state index in [9.17, 15) is 4.79 Å². The number of nitrogens with zero attached hydrogens (tertiary/aromatic N) is 3. The molecule has 1 unspecified atom stereocenters. The third kappa shape index (κ3) is 2.84. The van der Waals surface area contributed by atoms with E-state index in [2.05, 4.69) is 15.0 Å². The molecule has 2 aromatic rings. The summed E-state index contributed by atoms with van der Waals surface area (Å²) in [5.41, 5.74) is 1.28. The van der Waals surface area contributed by atoms with Crippen LogP contribution in [-0.2, 0) is 4.74 Å². The van der Waals surface area contributed by atoms with Gasteiger partial charge in [-0.25, -0.2) is 9.78 Å². The Morgan fingerprint density at radius 1 is 1.48 bits per heavy atom. The van der Waals surface area contributed by atoms with Crippen molar-refractivity contribution in [3.8, 4) is 0 Å². The van der Waals surface area contributed by atoms with Gasteiger partial charge in [-0.2, -0.15) is 0 Å². The third-order valence-corrected chi connectivity index (χ3v) is 3.50. The average Bonchev–Trinajstić information content (AvgIpc) is 3.02. The van der Waals surface area contributed by atoms with Crippen molar-refractivity contribution >= 4 is 17.1 Å². The molecule has 112 valence electrons. The molecule has 0 aromatic carbocycles. The van der Waals surface area contributed by atoms with Gasteiger partial charge in [-0.05, 0) is 39.7 Å². The maximum absolute atomic E-state index is 12.3. The fraction of sp³-hybridized carbons (Fsp3) is 0.533. The molecule has 1 saturated heterocycles. The fourth-order valence-electron chi connectivity index (χ4n) is 2.62. The molecule has 6 heteroatoms. The molecular weight excluding hydrogens is 268 g/mol. The standard InChI is InChI=1S/C15H20N4O2/c1-15(2,3)21-14(20)19-8-4-5-12(19)13-17-10-6-7-16-9-11(10)18-13/h6-7,9,12H,4-5,8H2,1-3H3,(H,17,18). The second kappa shape index (κ2) is 5.02. The van der Waals surface area contributed by atoms with Crippen molar-refractivity contribution in [1.29, 1.82) is 0 Å². The molecule has 1 aliphatic heterocycles. The number of carbonyl (C=O) groups is 1. The molecule has 0 saturated carbocycles. The summed E-state index contributed by atoms with van der Waals surface area (Å²) in [4.78, 5) is 26.0. The Labute approximate surface area is 123 Å². The maximum atomic E-state index is 12.3. The van der Waals surface area contributed by atoms with Crippen molar-refractivity contribution in [2.45, 2.75) is 45.3 Å². The number of likely N-dealkylation sites (tertiary alicyclic amines) is 1. The molecule has 1 aliphatic rings. The van der Waals surface area contributed by atoms with Crippen LogP contribution in [0.3, 0.4) is 0 Å². The molecule has 1 atom stereocenters. The van der Waals surface area contributed by atoms with E-state index in [1.54, 1.807) is 17.3 Å². The van der Waals surface area contributed by atoms with Gasteiger partial charge >= 0.3 is 6.09 Å². The smallest absolute Gasteiger partial charge is 0.410 e. The minimum Gasteiger partial charge on any atom is -0.444 e. The summed E-state index contributed by atoms with van der Waals surface area (Å²) in [6.07, 6.45) is 5.04. The van der Waals surface area contributed by atoms with E-state index in [4.69, 9.17) is 4.74 Å². The van der Waals surface area contributed by atoms with E-state index in [0.717, 1.165) is 29.7 Å². The number of carbonyl (C=O) groups excluding carboxylic acids is 1. The van der Waals surface area contributed by atoms with Crippen LogP contribution in [0.2, 0.25) is 0 Å². The molecule has 3 heterocycles. The van der Waals surface area contributed by atoms with E-state index >= 15 is 0 Å². The molecule has 1 amide bonds. The van der Waals surface area contributed by atoms with Gasteiger partial charge in [0.2, 0.25) is 0 Å². The number of nitrogens with one attached hydrogen (secondary N) is 1. The third-order valence-electron chi connectivity index (χ3n) is 3.50. The number of amides is 1. The van der Waals surface area contributed by atoms with Crippen LogP contribution in [0.4, 0.5) is 4.79 Å². The van der Waals surface area contributed by atoms with Crippen LogP contribution in [0.1, 0.15) is 45.5 Å². The number of imidazole rings is 1. The van der Waals surface area contributed by atoms with Crippen molar-refractivity contribution in [3.05, 3.63) is 24.3 Å². The molecule has 0 aliphatic carbocycles. The van der Waals surface area contributed by atoms with Crippen LogP contribution in [0.25, 0.3) is 11.0 Å². The second-order valence-corrected chi connectivity index (χ2v) is 6.35. The highest BCUT2D eigenvalue weighted by Crippen LogP contribution is 2.32. The zero-order chi connectivity index (χ0) is 15.0. The first-order valence-electron chi connectivity index (χ1n) is 7.23. The van der Waals surface area contributed by atoms with E-state index in [1.807, 2.05) is 26.8 Å². The van der Waals surface area contributed by atoms with Crippen molar-refractivity contribution in [3.63, 3.8) is 0 Å². The van der Waals surface area contributed by atoms with Gasteiger partial charge in [0, 0.05) is 12.7 Å². The number of H-pyrrole nitrogens is 1. The summed E-state index contributed by atoms with van der Waals surface area (Å²) in [6.45, 7) is 6.34. The Bertz CT molecular complexity index is 626. The number of aromatic amines is 1. The Balaban J connectivity index is 1.85. The van der Waals surface area contributed by atoms with Crippen molar-refractivity contribution in [1.82, 2.24) is 19.9 Å².